The predicted octanol–water partition coefficient (Wildman–Crippen LogP) is 4.83. The van der Waals surface area contributed by atoms with Crippen LogP contribution in [0.2, 0.25) is 0 Å². The Morgan fingerprint density at radius 2 is 1.79 bits per heavy atom. The first kappa shape index (κ1) is 25.7. The molecule has 2 heterocycles. The summed E-state index contributed by atoms with van der Waals surface area (Å²) in [4.78, 5) is 2.30. The fourth-order valence-electron chi connectivity index (χ4n) is 4.27. The van der Waals surface area contributed by atoms with Crippen LogP contribution in [0.3, 0.4) is 0 Å². The first-order valence-electron chi connectivity index (χ1n) is 10.8. The lowest BCUT2D eigenvalue weighted by molar-refractivity contribution is 0.0786. The quantitative estimate of drug-likeness (QED) is 0.520. The number of aliphatic hydroxyl groups is 1. The minimum atomic E-state index is -3.49. The van der Waals surface area contributed by atoms with Gasteiger partial charge in [0.05, 0.1) is 5.60 Å². The van der Waals surface area contributed by atoms with Gasteiger partial charge in [-0.15, -0.1) is 23.7 Å². The van der Waals surface area contributed by atoms with Gasteiger partial charge in [-0.3, -0.25) is 0 Å². The maximum absolute atomic E-state index is 13.2. The van der Waals surface area contributed by atoms with Gasteiger partial charge < -0.3 is 10.0 Å². The number of thiophene rings is 1. The zero-order valence-electron chi connectivity index (χ0n) is 19.1. The summed E-state index contributed by atoms with van der Waals surface area (Å²) >= 11 is 1.26. The van der Waals surface area contributed by atoms with E-state index in [9.17, 15) is 13.5 Å². The van der Waals surface area contributed by atoms with Crippen LogP contribution in [-0.2, 0) is 22.0 Å². The van der Waals surface area contributed by atoms with Crippen molar-refractivity contribution in [2.75, 3.05) is 24.5 Å². The van der Waals surface area contributed by atoms with Crippen molar-refractivity contribution in [3.63, 3.8) is 0 Å². The van der Waals surface area contributed by atoms with E-state index in [1.54, 1.807) is 35.7 Å². The molecule has 1 unspecified atom stereocenters. The Labute approximate surface area is 207 Å². The third-order valence-electron chi connectivity index (χ3n) is 5.99. The number of piperazine rings is 1. The fraction of sp³-hybridized carbons (Fsp3) is 0.360. The lowest BCUT2D eigenvalue weighted by Crippen LogP contribution is -2.55. The second-order valence-corrected chi connectivity index (χ2v) is 12.1. The molecule has 1 saturated heterocycles. The highest BCUT2D eigenvalue weighted by Gasteiger charge is 2.35. The Morgan fingerprint density at radius 3 is 2.39 bits per heavy atom. The van der Waals surface area contributed by atoms with Crippen LogP contribution in [0.1, 0.15) is 30.5 Å². The molecule has 0 amide bonds. The van der Waals surface area contributed by atoms with E-state index in [2.05, 4.69) is 36.1 Å². The molecule has 0 radical (unpaired) electrons. The Morgan fingerprint density at radius 1 is 1.06 bits per heavy atom. The van der Waals surface area contributed by atoms with Crippen molar-refractivity contribution in [1.29, 1.82) is 0 Å². The molecule has 4 rings (SSSR count). The second-order valence-electron chi connectivity index (χ2n) is 8.94. The smallest absolute Gasteiger partial charge is 0.252 e. The molecule has 1 aliphatic heterocycles. The van der Waals surface area contributed by atoms with Crippen LogP contribution in [-0.4, -0.2) is 43.5 Å². The normalized spacial score (nSPS) is 17.6. The summed E-state index contributed by atoms with van der Waals surface area (Å²) < 4.78 is 28.4. The third kappa shape index (κ3) is 5.78. The van der Waals surface area contributed by atoms with Gasteiger partial charge in [-0.05, 0) is 61.9 Å². The molecule has 0 spiro atoms. The van der Waals surface area contributed by atoms with E-state index in [-0.39, 0.29) is 18.4 Å². The van der Waals surface area contributed by atoms with E-state index in [0.717, 1.165) is 17.7 Å². The van der Waals surface area contributed by atoms with Crippen LogP contribution in [0.4, 0.5) is 5.69 Å². The highest BCUT2D eigenvalue weighted by molar-refractivity contribution is 7.91. The summed E-state index contributed by atoms with van der Waals surface area (Å²) in [6.07, 6.45) is 0.755. The number of nitrogens with zero attached hydrogens (tertiary/aromatic N) is 2. The zero-order valence-corrected chi connectivity index (χ0v) is 21.6. The molecular weight excluding hydrogens is 476 g/mol. The minimum Gasteiger partial charge on any atom is -0.386 e. The Balaban J connectivity index is 0.00000306. The maximum Gasteiger partial charge on any atom is 0.252 e. The molecule has 178 valence electrons. The molecule has 33 heavy (non-hydrogen) atoms. The molecule has 1 fully saturated rings. The number of sulfonamides is 1. The first-order chi connectivity index (χ1) is 15.1. The van der Waals surface area contributed by atoms with Gasteiger partial charge in [0.15, 0.2) is 0 Å². The molecule has 3 aromatic rings. The van der Waals surface area contributed by atoms with Crippen LogP contribution in [0, 0.1) is 6.92 Å². The molecule has 1 aromatic heterocycles. The van der Waals surface area contributed by atoms with E-state index in [1.165, 1.54) is 22.5 Å². The molecule has 8 heteroatoms. The van der Waals surface area contributed by atoms with E-state index < -0.39 is 15.6 Å². The highest BCUT2D eigenvalue weighted by atomic mass is 35.5. The van der Waals surface area contributed by atoms with Crippen LogP contribution in [0.15, 0.2) is 70.3 Å². The molecule has 0 saturated carbocycles. The molecule has 1 aliphatic rings. The topological polar surface area (TPSA) is 60.9 Å². The zero-order chi connectivity index (χ0) is 22.9. The number of aryl methyl sites for hydroxylation is 1. The highest BCUT2D eigenvalue weighted by Crippen LogP contribution is 2.30. The van der Waals surface area contributed by atoms with Gasteiger partial charge in [-0.25, -0.2) is 8.42 Å². The average Bonchev–Trinajstić information content (AvgIpc) is 3.29. The van der Waals surface area contributed by atoms with Crippen molar-refractivity contribution < 1.29 is 13.5 Å². The van der Waals surface area contributed by atoms with Crippen molar-refractivity contribution in [2.24, 2.45) is 0 Å². The van der Waals surface area contributed by atoms with Crippen LogP contribution < -0.4 is 4.90 Å². The van der Waals surface area contributed by atoms with Gasteiger partial charge in [0.1, 0.15) is 4.21 Å². The summed E-state index contributed by atoms with van der Waals surface area (Å²) in [5.74, 6) is 0. The molecule has 1 atom stereocenters. The molecule has 5 nitrogen and oxygen atoms in total. The van der Waals surface area contributed by atoms with E-state index in [1.807, 2.05) is 24.3 Å². The Hall–Kier alpha value is -1.90. The monoisotopic (exact) mass is 506 g/mol. The number of halogens is 1. The van der Waals surface area contributed by atoms with E-state index >= 15 is 0 Å². The molecule has 2 aromatic carbocycles. The average molecular weight is 507 g/mol. The van der Waals surface area contributed by atoms with Crippen molar-refractivity contribution in [2.45, 2.75) is 43.0 Å². The molecule has 0 bridgehead atoms. The van der Waals surface area contributed by atoms with Crippen molar-refractivity contribution in [1.82, 2.24) is 4.31 Å². The van der Waals surface area contributed by atoms with E-state index in [4.69, 9.17) is 0 Å². The minimum absolute atomic E-state index is 0. The number of hydrogen-bond acceptors (Lipinski definition) is 5. The Kier molecular flexibility index (Phi) is 7.91. The fourth-order valence-corrected chi connectivity index (χ4v) is 6.88. The van der Waals surface area contributed by atoms with E-state index in [0.29, 0.717) is 23.8 Å². The number of hydrogen-bond donors (Lipinski definition) is 1. The molecule has 0 aliphatic carbocycles. The maximum atomic E-state index is 13.2. The summed E-state index contributed by atoms with van der Waals surface area (Å²) in [6, 6.07) is 19.8. The van der Waals surface area contributed by atoms with Crippen LogP contribution >= 0.6 is 23.7 Å². The number of benzene rings is 2. The summed E-state index contributed by atoms with van der Waals surface area (Å²) in [7, 11) is -3.49. The third-order valence-corrected chi connectivity index (χ3v) is 9.23. The number of anilines is 1. The van der Waals surface area contributed by atoms with Gasteiger partial charge in [-0.2, -0.15) is 4.31 Å². The lowest BCUT2D eigenvalue weighted by Gasteiger charge is -2.42. The van der Waals surface area contributed by atoms with Gasteiger partial charge >= 0.3 is 0 Å². The van der Waals surface area contributed by atoms with Gasteiger partial charge in [0.25, 0.3) is 10.0 Å². The summed E-state index contributed by atoms with van der Waals surface area (Å²) in [5.41, 5.74) is 3.40. The summed E-state index contributed by atoms with van der Waals surface area (Å²) in [6.45, 7) is 7.11. The van der Waals surface area contributed by atoms with Crippen molar-refractivity contribution in [3.05, 3.63) is 82.7 Å². The SMILES string of the molecule is Cc1cccc(CC2CN(S(=O)(=O)c3cccs3)CCN2c2ccc(C(C)(C)O)cc2)c1.Cl. The standard InChI is InChI=1S/C25H30N2O3S2.ClH/c1-19-6-4-7-20(16-19)17-23-18-26(32(29,30)24-8-5-15-31-24)13-14-27(23)22-11-9-21(10-12-22)25(2,3)28;/h4-12,15-16,23,28H,13-14,17-18H2,1-3H3;1H. The van der Waals surface area contributed by atoms with Gasteiger partial charge in [0.2, 0.25) is 0 Å². The van der Waals surface area contributed by atoms with Gasteiger partial charge in [0, 0.05) is 31.4 Å². The largest absolute Gasteiger partial charge is 0.386 e. The van der Waals surface area contributed by atoms with Crippen LogP contribution in [0.5, 0.6) is 0 Å². The molecular formula is C25H31ClN2O3S2. The first-order valence-corrected chi connectivity index (χ1v) is 13.2. The lowest BCUT2D eigenvalue weighted by atomic mass is 9.97. The summed E-state index contributed by atoms with van der Waals surface area (Å²) in [5, 5.41) is 12.1. The number of rotatable bonds is 6. The van der Waals surface area contributed by atoms with Gasteiger partial charge in [-0.1, -0.05) is 48.0 Å². The predicted molar refractivity (Wildman–Crippen MR) is 138 cm³/mol. The molecule has 1 N–H and O–H groups in total. The Bertz CT molecular complexity index is 1160. The second kappa shape index (κ2) is 10.2. The van der Waals surface area contributed by atoms with Crippen molar-refractivity contribution in [3.8, 4) is 0 Å². The van der Waals surface area contributed by atoms with Crippen LogP contribution in [0.25, 0.3) is 0 Å². The van der Waals surface area contributed by atoms with Crippen molar-refractivity contribution >= 4 is 39.5 Å².